The van der Waals surface area contributed by atoms with Gasteiger partial charge in [0.15, 0.2) is 0 Å². The largest absolute Gasteiger partial charge is 0.490 e. The van der Waals surface area contributed by atoms with E-state index in [4.69, 9.17) is 29.3 Å². The van der Waals surface area contributed by atoms with Gasteiger partial charge in [0.25, 0.3) is 0 Å². The Balaban J connectivity index is 0.000000343. The molecule has 1 aromatic rings. The lowest BCUT2D eigenvalue weighted by Crippen LogP contribution is -2.58. The summed E-state index contributed by atoms with van der Waals surface area (Å²) in [5.41, 5.74) is 1.18. The number of thioether (sulfide) groups is 1. The number of aliphatic carboxylic acids is 2. The zero-order valence-corrected chi connectivity index (χ0v) is 19.0. The topological polar surface area (TPSA) is 109 Å². The van der Waals surface area contributed by atoms with Crippen LogP contribution in [0.4, 0.5) is 26.3 Å². The third kappa shape index (κ3) is 9.54. The van der Waals surface area contributed by atoms with E-state index in [9.17, 15) is 26.3 Å². The molecule has 2 N–H and O–H groups in total. The van der Waals surface area contributed by atoms with Gasteiger partial charge in [-0.05, 0) is 19.4 Å². The highest BCUT2D eigenvalue weighted by molar-refractivity contribution is 8.01. The first-order valence-corrected chi connectivity index (χ1v) is 10.7. The number of pyridine rings is 1. The van der Waals surface area contributed by atoms with E-state index < -0.39 is 24.3 Å². The Morgan fingerprint density at radius 1 is 1.18 bits per heavy atom. The van der Waals surface area contributed by atoms with Crippen LogP contribution in [-0.2, 0) is 20.9 Å². The van der Waals surface area contributed by atoms with E-state index in [0.29, 0.717) is 10.9 Å². The summed E-state index contributed by atoms with van der Waals surface area (Å²) in [5, 5.41) is 14.2. The maximum absolute atomic E-state index is 10.6. The van der Waals surface area contributed by atoms with E-state index in [1.54, 1.807) is 13.3 Å². The number of halogens is 6. The smallest absolute Gasteiger partial charge is 0.481 e. The summed E-state index contributed by atoms with van der Waals surface area (Å²) in [5.74, 6) is -3.61. The van der Waals surface area contributed by atoms with Crippen molar-refractivity contribution < 1.29 is 55.6 Å². The zero-order chi connectivity index (χ0) is 26.2. The fourth-order valence-corrected chi connectivity index (χ4v) is 4.82. The summed E-state index contributed by atoms with van der Waals surface area (Å²) in [6.45, 7) is 6.15. The Morgan fingerprint density at radius 2 is 1.71 bits per heavy atom. The minimum atomic E-state index is -5.08. The van der Waals surface area contributed by atoms with Gasteiger partial charge in [-0.15, -0.1) is 11.8 Å². The molecule has 15 heteroatoms. The predicted octanol–water partition coefficient (Wildman–Crippen LogP) is 3.45. The molecule has 8 nitrogen and oxygen atoms in total. The third-order valence-electron chi connectivity index (χ3n) is 4.52. The second-order valence-corrected chi connectivity index (χ2v) is 8.69. The van der Waals surface area contributed by atoms with Crippen LogP contribution < -0.4 is 4.74 Å². The molecule has 2 aliphatic rings. The molecular formula is C19H24F6N2O6S. The first-order chi connectivity index (χ1) is 15.6. The number of carbonyl (C=O) groups is 2. The van der Waals surface area contributed by atoms with Gasteiger partial charge in [0.05, 0.1) is 13.2 Å². The lowest BCUT2D eigenvalue weighted by molar-refractivity contribution is -0.193. The molecule has 0 amide bonds. The number of hydrogen-bond donors (Lipinski definition) is 2. The minimum absolute atomic E-state index is 0.440. The van der Waals surface area contributed by atoms with Crippen molar-refractivity contribution in [3.05, 3.63) is 23.9 Å². The Labute approximate surface area is 195 Å². The van der Waals surface area contributed by atoms with Crippen LogP contribution in [0.25, 0.3) is 0 Å². The van der Waals surface area contributed by atoms with Crippen LogP contribution in [0, 0.1) is 0 Å². The van der Waals surface area contributed by atoms with Crippen molar-refractivity contribution in [1.29, 1.82) is 0 Å². The Kier molecular flexibility index (Phi) is 10.9. The van der Waals surface area contributed by atoms with Gasteiger partial charge in [-0.1, -0.05) is 6.07 Å². The second-order valence-electron chi connectivity index (χ2n) is 7.20. The van der Waals surface area contributed by atoms with E-state index in [1.165, 1.54) is 12.0 Å². The third-order valence-corrected chi connectivity index (χ3v) is 6.10. The number of methoxy groups -OCH3 is 1. The molecule has 3 rings (SSSR count). The van der Waals surface area contributed by atoms with Crippen molar-refractivity contribution in [2.45, 2.75) is 43.1 Å². The Bertz CT molecular complexity index is 793. The molecule has 1 atom stereocenters. The van der Waals surface area contributed by atoms with Gasteiger partial charge >= 0.3 is 24.3 Å². The van der Waals surface area contributed by atoms with E-state index in [2.05, 4.69) is 34.6 Å². The van der Waals surface area contributed by atoms with Crippen molar-refractivity contribution in [3.8, 4) is 5.88 Å². The van der Waals surface area contributed by atoms with Gasteiger partial charge in [0.2, 0.25) is 5.88 Å². The molecule has 1 aromatic heterocycles. The summed E-state index contributed by atoms with van der Waals surface area (Å²) in [6, 6.07) is 4.07. The van der Waals surface area contributed by atoms with Gasteiger partial charge in [-0.25, -0.2) is 14.6 Å². The Morgan fingerprint density at radius 3 is 2.15 bits per heavy atom. The highest BCUT2D eigenvalue weighted by Crippen LogP contribution is 2.46. The fraction of sp³-hybridized carbons (Fsp3) is 0.632. The highest BCUT2D eigenvalue weighted by Gasteiger charge is 2.49. The molecule has 194 valence electrons. The number of carboxylic acid groups (broad SMARTS) is 2. The van der Waals surface area contributed by atoms with Crippen molar-refractivity contribution in [1.82, 2.24) is 9.88 Å². The average molecular weight is 522 g/mol. The van der Waals surface area contributed by atoms with Crippen LogP contribution in [-0.4, -0.2) is 87.8 Å². The van der Waals surface area contributed by atoms with E-state index >= 15 is 0 Å². The standard InChI is InChI=1S/C15H22N2O2S.2C2HF3O2/c1-3-19-13-7-15(20-9-13)10-17(11-15)8-12-5-4-6-16-14(12)18-2;2*3-2(4,5)1(6)7/h4-6,13H,3,7-11H2,1-2H3;2*(H,6,7). The van der Waals surface area contributed by atoms with Gasteiger partial charge in [0.1, 0.15) is 0 Å². The molecule has 3 heterocycles. The summed E-state index contributed by atoms with van der Waals surface area (Å²) in [4.78, 5) is 24.5. The normalized spacial score (nSPS) is 19.2. The average Bonchev–Trinajstić information content (AvgIpc) is 3.12. The van der Waals surface area contributed by atoms with E-state index in [-0.39, 0.29) is 0 Å². The van der Waals surface area contributed by atoms with Crippen molar-refractivity contribution in [2.75, 3.05) is 32.6 Å². The molecule has 0 bridgehead atoms. The highest BCUT2D eigenvalue weighted by atomic mass is 32.2. The van der Waals surface area contributed by atoms with Gasteiger partial charge in [-0.3, -0.25) is 4.90 Å². The van der Waals surface area contributed by atoms with Crippen molar-refractivity contribution in [2.24, 2.45) is 0 Å². The summed E-state index contributed by atoms with van der Waals surface area (Å²) >= 11 is 2.09. The van der Waals surface area contributed by atoms with Gasteiger partial charge in [0, 0.05) is 48.5 Å². The predicted molar refractivity (Wildman–Crippen MR) is 109 cm³/mol. The van der Waals surface area contributed by atoms with Crippen LogP contribution >= 0.6 is 11.8 Å². The second kappa shape index (κ2) is 12.4. The zero-order valence-electron chi connectivity index (χ0n) is 18.1. The Hall–Kier alpha value is -2.26. The number of nitrogens with zero attached hydrogens (tertiary/aromatic N) is 2. The summed E-state index contributed by atoms with van der Waals surface area (Å²) in [7, 11) is 1.68. The lowest BCUT2D eigenvalue weighted by atomic mass is 9.92. The maximum Gasteiger partial charge on any atom is 0.490 e. The lowest BCUT2D eigenvalue weighted by Gasteiger charge is -2.47. The fourth-order valence-electron chi connectivity index (χ4n) is 3.22. The first-order valence-electron chi connectivity index (χ1n) is 9.69. The molecule has 0 aromatic carbocycles. The number of rotatable bonds is 5. The molecule has 0 aliphatic carbocycles. The molecule has 1 unspecified atom stereocenters. The van der Waals surface area contributed by atoms with Crippen molar-refractivity contribution in [3.63, 3.8) is 0 Å². The monoisotopic (exact) mass is 522 g/mol. The van der Waals surface area contributed by atoms with Crippen LogP contribution in [0.3, 0.4) is 0 Å². The van der Waals surface area contributed by atoms with Gasteiger partial charge in [-0.2, -0.15) is 26.3 Å². The van der Waals surface area contributed by atoms with Crippen LogP contribution in [0.15, 0.2) is 18.3 Å². The maximum atomic E-state index is 10.6. The molecule has 34 heavy (non-hydrogen) atoms. The number of carboxylic acids is 2. The molecule has 2 aliphatic heterocycles. The molecule has 0 radical (unpaired) electrons. The number of ether oxygens (including phenoxy) is 2. The first kappa shape index (κ1) is 29.8. The molecular weight excluding hydrogens is 498 g/mol. The van der Waals surface area contributed by atoms with E-state index in [0.717, 1.165) is 37.9 Å². The summed E-state index contributed by atoms with van der Waals surface area (Å²) < 4.78 is 75.0. The minimum Gasteiger partial charge on any atom is -0.481 e. The van der Waals surface area contributed by atoms with Crippen LogP contribution in [0.1, 0.15) is 18.9 Å². The van der Waals surface area contributed by atoms with Crippen molar-refractivity contribution >= 4 is 23.7 Å². The molecule has 0 saturated carbocycles. The van der Waals surface area contributed by atoms with Gasteiger partial charge < -0.3 is 19.7 Å². The number of alkyl halides is 6. The van der Waals surface area contributed by atoms with Crippen LogP contribution in [0.2, 0.25) is 0 Å². The molecule has 1 spiro atoms. The quantitative estimate of drug-likeness (QED) is 0.562. The number of hydrogen-bond acceptors (Lipinski definition) is 7. The summed E-state index contributed by atoms with van der Waals surface area (Å²) in [6.07, 6.45) is -6.73. The molecule has 2 fully saturated rings. The molecule has 2 saturated heterocycles. The SMILES string of the molecule is CCOC1CSC2(C1)CN(Cc1cccnc1OC)C2.O=C(O)C(F)(F)F.O=C(O)C(F)(F)F. The number of aromatic nitrogens is 1. The number of likely N-dealkylation sites (tertiary alicyclic amines) is 1. The van der Waals surface area contributed by atoms with E-state index in [1.807, 2.05) is 6.07 Å². The van der Waals surface area contributed by atoms with Crippen LogP contribution in [0.5, 0.6) is 5.88 Å².